The van der Waals surface area contributed by atoms with Crippen molar-refractivity contribution in [1.82, 2.24) is 9.97 Å². The molecule has 0 bridgehead atoms. The van der Waals surface area contributed by atoms with Crippen molar-refractivity contribution in [3.05, 3.63) is 9.75 Å². The number of carboxylic acid groups (broad SMARTS) is 1. The first-order valence-electron chi connectivity index (χ1n) is 4.59. The lowest BCUT2D eigenvalue weighted by Gasteiger charge is -1.91. The second-order valence-electron chi connectivity index (χ2n) is 3.07. The Labute approximate surface area is 90.1 Å². The zero-order valence-electron chi connectivity index (χ0n) is 8.42. The number of nitrogens with one attached hydrogen (secondary N) is 2. The molecule has 0 fully saturated rings. The van der Waals surface area contributed by atoms with Crippen LogP contribution in [0.25, 0.3) is 11.0 Å². The highest BCUT2D eigenvalue weighted by molar-refractivity contribution is 7.15. The van der Waals surface area contributed by atoms with E-state index in [1.165, 1.54) is 11.3 Å². The van der Waals surface area contributed by atoms with Crippen LogP contribution < -0.4 is 5.32 Å². The van der Waals surface area contributed by atoms with E-state index in [4.69, 9.17) is 5.11 Å². The lowest BCUT2D eigenvalue weighted by molar-refractivity contribution is 0.0704. The zero-order valence-corrected chi connectivity index (χ0v) is 9.23. The van der Waals surface area contributed by atoms with Gasteiger partial charge in [-0.15, -0.1) is 11.3 Å². The van der Waals surface area contributed by atoms with Crippen LogP contribution in [0, 0.1) is 0 Å². The van der Waals surface area contributed by atoms with Gasteiger partial charge in [0, 0.05) is 11.9 Å². The Morgan fingerprint density at radius 3 is 2.93 bits per heavy atom. The summed E-state index contributed by atoms with van der Waals surface area (Å²) in [7, 11) is 1.74. The maximum atomic E-state index is 11.0. The van der Waals surface area contributed by atoms with Gasteiger partial charge >= 0.3 is 5.97 Å². The van der Waals surface area contributed by atoms with Gasteiger partial charge in [0.2, 0.25) is 5.95 Å². The lowest BCUT2D eigenvalue weighted by atomic mass is 10.3. The maximum absolute atomic E-state index is 11.0. The average molecular weight is 225 g/mol. The molecule has 2 heterocycles. The van der Waals surface area contributed by atoms with Gasteiger partial charge in [-0.3, -0.25) is 0 Å². The summed E-state index contributed by atoms with van der Waals surface area (Å²) in [5, 5.41) is 11.9. The number of H-pyrrole nitrogens is 1. The number of fused-ring (bicyclic) bond motifs is 1. The minimum absolute atomic E-state index is 0.329. The topological polar surface area (TPSA) is 78.0 Å². The average Bonchev–Trinajstić information content (AvgIpc) is 2.73. The summed E-state index contributed by atoms with van der Waals surface area (Å²) in [6.45, 7) is 1.99. The van der Waals surface area contributed by atoms with Crippen LogP contribution in [0.15, 0.2) is 0 Å². The van der Waals surface area contributed by atoms with E-state index in [0.717, 1.165) is 16.8 Å². The standard InChI is InChI=1S/C9H11N3O2S/c1-3-4-5-6(7(15-4)8(13)14)12-9(10-2)11-5/h3H2,1-2H3,(H,13,14)(H2,10,11,12). The monoisotopic (exact) mass is 225 g/mol. The van der Waals surface area contributed by atoms with Crippen molar-refractivity contribution in [3.63, 3.8) is 0 Å². The van der Waals surface area contributed by atoms with E-state index in [9.17, 15) is 4.79 Å². The summed E-state index contributed by atoms with van der Waals surface area (Å²) in [4.78, 5) is 19.6. The molecular weight excluding hydrogens is 214 g/mol. The van der Waals surface area contributed by atoms with Crippen molar-refractivity contribution >= 4 is 34.3 Å². The molecule has 15 heavy (non-hydrogen) atoms. The van der Waals surface area contributed by atoms with Crippen molar-refractivity contribution in [2.75, 3.05) is 12.4 Å². The number of imidazole rings is 1. The molecule has 0 amide bonds. The summed E-state index contributed by atoms with van der Waals surface area (Å²) in [6.07, 6.45) is 0.794. The molecule has 2 rings (SSSR count). The van der Waals surface area contributed by atoms with Gasteiger partial charge in [0.15, 0.2) is 0 Å². The molecule has 2 aromatic heterocycles. The van der Waals surface area contributed by atoms with Crippen molar-refractivity contribution < 1.29 is 9.90 Å². The molecule has 5 nitrogen and oxygen atoms in total. The van der Waals surface area contributed by atoms with Crippen molar-refractivity contribution in [3.8, 4) is 0 Å². The zero-order chi connectivity index (χ0) is 11.0. The molecule has 6 heteroatoms. The van der Waals surface area contributed by atoms with Crippen LogP contribution in [0.1, 0.15) is 21.5 Å². The number of anilines is 1. The summed E-state index contributed by atoms with van der Waals surface area (Å²) >= 11 is 1.29. The number of hydrogen-bond donors (Lipinski definition) is 3. The Morgan fingerprint density at radius 1 is 1.67 bits per heavy atom. The fourth-order valence-electron chi connectivity index (χ4n) is 1.47. The molecule has 80 valence electrons. The summed E-state index contributed by atoms with van der Waals surface area (Å²) in [6, 6.07) is 0. The van der Waals surface area contributed by atoms with Gasteiger partial charge in [0.1, 0.15) is 10.4 Å². The first-order chi connectivity index (χ1) is 7.17. The fraction of sp³-hybridized carbons (Fsp3) is 0.333. The molecule has 0 spiro atoms. The fourth-order valence-corrected chi connectivity index (χ4v) is 2.44. The lowest BCUT2D eigenvalue weighted by Crippen LogP contribution is -1.93. The van der Waals surface area contributed by atoms with Gasteiger partial charge in [-0.05, 0) is 6.42 Å². The number of carbonyl (C=O) groups is 1. The second-order valence-corrected chi connectivity index (χ2v) is 4.18. The second kappa shape index (κ2) is 3.54. The van der Waals surface area contributed by atoms with Crippen LogP contribution >= 0.6 is 11.3 Å². The number of aromatic nitrogens is 2. The van der Waals surface area contributed by atoms with E-state index in [-0.39, 0.29) is 0 Å². The van der Waals surface area contributed by atoms with Crippen LogP contribution in [-0.4, -0.2) is 28.1 Å². The molecule has 3 N–H and O–H groups in total. The molecule has 0 radical (unpaired) electrons. The molecular formula is C9H11N3O2S. The van der Waals surface area contributed by atoms with Crippen LogP contribution in [0.4, 0.5) is 5.95 Å². The summed E-state index contributed by atoms with van der Waals surface area (Å²) in [5.74, 6) is -0.305. The molecule has 0 aliphatic carbocycles. The first-order valence-corrected chi connectivity index (χ1v) is 5.41. The van der Waals surface area contributed by atoms with E-state index in [1.54, 1.807) is 7.05 Å². The van der Waals surface area contributed by atoms with E-state index in [0.29, 0.717) is 16.3 Å². The number of aromatic amines is 1. The Balaban J connectivity index is 2.71. The van der Waals surface area contributed by atoms with Gasteiger partial charge < -0.3 is 15.4 Å². The number of nitrogens with zero attached hydrogens (tertiary/aromatic N) is 1. The third kappa shape index (κ3) is 1.46. The van der Waals surface area contributed by atoms with Gasteiger partial charge in [0.05, 0.1) is 5.52 Å². The number of rotatable bonds is 3. The van der Waals surface area contributed by atoms with Crippen molar-refractivity contribution in [2.24, 2.45) is 0 Å². The van der Waals surface area contributed by atoms with E-state index >= 15 is 0 Å². The highest BCUT2D eigenvalue weighted by Crippen LogP contribution is 2.31. The Morgan fingerprint density at radius 2 is 2.40 bits per heavy atom. The molecule has 0 atom stereocenters. The van der Waals surface area contributed by atoms with E-state index in [1.807, 2.05) is 6.92 Å². The molecule has 0 unspecified atom stereocenters. The SMILES string of the molecule is CCc1sc(C(=O)O)c2[nH]c(NC)nc12. The third-order valence-corrected chi connectivity index (χ3v) is 3.48. The number of aromatic carboxylic acids is 1. The highest BCUT2D eigenvalue weighted by atomic mass is 32.1. The van der Waals surface area contributed by atoms with Gasteiger partial charge in [-0.25, -0.2) is 9.78 Å². The maximum Gasteiger partial charge on any atom is 0.348 e. The molecule has 0 saturated carbocycles. The largest absolute Gasteiger partial charge is 0.477 e. The third-order valence-electron chi connectivity index (χ3n) is 2.17. The Kier molecular flexibility index (Phi) is 2.36. The Bertz CT molecular complexity index is 515. The smallest absolute Gasteiger partial charge is 0.348 e. The van der Waals surface area contributed by atoms with Crippen molar-refractivity contribution in [2.45, 2.75) is 13.3 Å². The quantitative estimate of drug-likeness (QED) is 0.745. The van der Waals surface area contributed by atoms with Crippen LogP contribution in [0.3, 0.4) is 0 Å². The summed E-state index contributed by atoms with van der Waals surface area (Å²) < 4.78 is 0. The minimum Gasteiger partial charge on any atom is -0.477 e. The number of carboxylic acids is 1. The van der Waals surface area contributed by atoms with Crippen molar-refractivity contribution in [1.29, 1.82) is 0 Å². The summed E-state index contributed by atoms with van der Waals surface area (Å²) in [5.41, 5.74) is 1.39. The van der Waals surface area contributed by atoms with Gasteiger partial charge in [0.25, 0.3) is 0 Å². The Hall–Kier alpha value is -1.56. The van der Waals surface area contributed by atoms with Crippen LogP contribution in [-0.2, 0) is 6.42 Å². The number of aryl methyl sites for hydroxylation is 1. The molecule has 2 aromatic rings. The predicted molar refractivity (Wildman–Crippen MR) is 59.9 cm³/mol. The molecule has 0 aliphatic heterocycles. The molecule has 0 saturated heterocycles. The normalized spacial score (nSPS) is 10.8. The number of thiophene rings is 1. The molecule has 0 aromatic carbocycles. The van der Waals surface area contributed by atoms with E-state index < -0.39 is 5.97 Å². The van der Waals surface area contributed by atoms with E-state index in [2.05, 4.69) is 15.3 Å². The molecule has 0 aliphatic rings. The minimum atomic E-state index is -0.906. The number of hydrogen-bond acceptors (Lipinski definition) is 4. The van der Waals surface area contributed by atoms with Gasteiger partial charge in [-0.1, -0.05) is 6.92 Å². The van der Waals surface area contributed by atoms with Gasteiger partial charge in [-0.2, -0.15) is 0 Å². The van der Waals surface area contributed by atoms with Crippen LogP contribution in [0.2, 0.25) is 0 Å². The van der Waals surface area contributed by atoms with Crippen LogP contribution in [0.5, 0.6) is 0 Å². The predicted octanol–water partition coefficient (Wildman–Crippen LogP) is 1.93. The first kappa shape index (κ1) is 9.97. The highest BCUT2D eigenvalue weighted by Gasteiger charge is 2.19.